The Morgan fingerprint density at radius 1 is 1.00 bits per heavy atom. The lowest BCUT2D eigenvalue weighted by molar-refractivity contribution is -0.122. The smallest absolute Gasteiger partial charge is 0.340 e. The Hall–Kier alpha value is -2.04. The maximum absolute atomic E-state index is 12.9. The normalized spacial score (nSPS) is 14.6. The molecule has 6 heteroatoms. The van der Waals surface area contributed by atoms with Crippen molar-refractivity contribution in [3.8, 4) is 0 Å². The molecule has 1 saturated carbocycles. The molecule has 2 aromatic carbocycles. The van der Waals surface area contributed by atoms with Gasteiger partial charge in [0.25, 0.3) is 5.91 Å². The van der Waals surface area contributed by atoms with Gasteiger partial charge >= 0.3 is 5.97 Å². The zero-order valence-electron chi connectivity index (χ0n) is 14.9. The number of halogens is 2. The lowest BCUT2D eigenvalue weighted by Crippen LogP contribution is -2.43. The van der Waals surface area contributed by atoms with Crippen LogP contribution in [0.3, 0.4) is 0 Å². The highest BCUT2D eigenvalue weighted by Crippen LogP contribution is 2.28. The summed E-state index contributed by atoms with van der Waals surface area (Å²) in [4.78, 5) is 27.0. The summed E-state index contributed by atoms with van der Waals surface area (Å²) in [7, 11) is 0. The third-order valence-electron chi connectivity index (χ3n) is 4.72. The second-order valence-corrected chi connectivity index (χ2v) is 7.44. The first-order chi connectivity index (χ1) is 13.1. The number of anilines is 1. The summed E-state index contributed by atoms with van der Waals surface area (Å²) in [6.45, 7) is -0.340. The summed E-state index contributed by atoms with van der Waals surface area (Å²) in [6.07, 6.45) is 5.29. The summed E-state index contributed by atoms with van der Waals surface area (Å²) in [5, 5.41) is 0.620. The number of amides is 1. The highest BCUT2D eigenvalue weighted by molar-refractivity contribution is 6.35. The molecule has 0 spiro atoms. The Bertz CT molecular complexity index is 804. The minimum atomic E-state index is -0.660. The maximum atomic E-state index is 12.9. The van der Waals surface area contributed by atoms with Crippen molar-refractivity contribution in [3.63, 3.8) is 0 Å². The molecule has 0 atom stereocenters. The molecule has 0 radical (unpaired) electrons. The quantitative estimate of drug-likeness (QED) is 0.615. The third kappa shape index (κ3) is 5.02. The number of hydrogen-bond donors (Lipinski definition) is 0. The summed E-state index contributed by atoms with van der Waals surface area (Å²) < 4.78 is 5.25. The Morgan fingerprint density at radius 2 is 1.70 bits per heavy atom. The van der Waals surface area contributed by atoms with Gasteiger partial charge in [-0.05, 0) is 43.2 Å². The summed E-state index contributed by atoms with van der Waals surface area (Å²) in [6, 6.07) is 14.2. The summed E-state index contributed by atoms with van der Waals surface area (Å²) in [5.41, 5.74) is 0.979. The van der Waals surface area contributed by atoms with E-state index in [0.717, 1.165) is 31.4 Å². The number of carbonyl (C=O) groups excluding carboxylic acids is 2. The molecule has 0 bridgehead atoms. The molecule has 0 aromatic heterocycles. The molecule has 0 aliphatic heterocycles. The van der Waals surface area contributed by atoms with Crippen molar-refractivity contribution in [3.05, 3.63) is 64.1 Å². The molecule has 2 aromatic rings. The number of para-hydroxylation sites is 1. The lowest BCUT2D eigenvalue weighted by Gasteiger charge is -2.34. The molecule has 3 rings (SSSR count). The molecule has 0 N–H and O–H groups in total. The van der Waals surface area contributed by atoms with Crippen molar-refractivity contribution in [2.45, 2.75) is 38.1 Å². The predicted octanol–water partition coefficient (Wildman–Crippen LogP) is 5.52. The minimum Gasteiger partial charge on any atom is -0.452 e. The van der Waals surface area contributed by atoms with Gasteiger partial charge in [0.05, 0.1) is 10.6 Å². The number of carbonyl (C=O) groups is 2. The van der Waals surface area contributed by atoms with Crippen LogP contribution >= 0.6 is 23.2 Å². The van der Waals surface area contributed by atoms with Gasteiger partial charge in [-0.3, -0.25) is 4.79 Å². The molecule has 1 fully saturated rings. The molecule has 4 nitrogen and oxygen atoms in total. The van der Waals surface area contributed by atoms with Gasteiger partial charge in [0.1, 0.15) is 0 Å². The van der Waals surface area contributed by atoms with Gasteiger partial charge in [-0.25, -0.2) is 4.79 Å². The molecule has 1 aliphatic rings. The number of esters is 1. The molecule has 0 heterocycles. The standard InChI is InChI=1S/C21H21Cl2NO3/c22-15-11-12-19(23)18(13-15)21(26)27-14-20(25)24(16-7-3-1-4-8-16)17-9-5-2-6-10-17/h1,3-4,7-8,11-13,17H,2,5-6,9-10,14H2. The summed E-state index contributed by atoms with van der Waals surface area (Å²) >= 11 is 11.9. The van der Waals surface area contributed by atoms with Crippen LogP contribution in [0.5, 0.6) is 0 Å². The van der Waals surface area contributed by atoms with Gasteiger partial charge in [-0.2, -0.15) is 0 Å². The average molecular weight is 406 g/mol. The Kier molecular flexibility index (Phi) is 6.75. The zero-order valence-corrected chi connectivity index (χ0v) is 16.4. The molecule has 142 valence electrons. The zero-order chi connectivity index (χ0) is 19.2. The van der Waals surface area contributed by atoms with Gasteiger partial charge in [-0.1, -0.05) is 60.7 Å². The van der Waals surface area contributed by atoms with Crippen molar-refractivity contribution < 1.29 is 14.3 Å². The predicted molar refractivity (Wildman–Crippen MR) is 108 cm³/mol. The highest BCUT2D eigenvalue weighted by atomic mass is 35.5. The van der Waals surface area contributed by atoms with E-state index in [-0.39, 0.29) is 29.1 Å². The second kappa shape index (κ2) is 9.25. The molecular weight excluding hydrogens is 385 g/mol. The fourth-order valence-corrected chi connectivity index (χ4v) is 3.78. The van der Waals surface area contributed by atoms with Crippen molar-refractivity contribution in [2.75, 3.05) is 11.5 Å². The van der Waals surface area contributed by atoms with Crippen LogP contribution in [0.15, 0.2) is 48.5 Å². The van der Waals surface area contributed by atoms with E-state index in [2.05, 4.69) is 0 Å². The fourth-order valence-electron chi connectivity index (χ4n) is 3.41. The fraction of sp³-hybridized carbons (Fsp3) is 0.333. The first-order valence-corrected chi connectivity index (χ1v) is 9.81. The SMILES string of the molecule is O=C(OCC(=O)N(c1ccccc1)C1CCCCC1)c1cc(Cl)ccc1Cl. The molecule has 0 saturated heterocycles. The topological polar surface area (TPSA) is 46.6 Å². The van der Waals surface area contributed by atoms with Crippen molar-refractivity contribution in [1.82, 2.24) is 0 Å². The van der Waals surface area contributed by atoms with E-state index in [4.69, 9.17) is 27.9 Å². The van der Waals surface area contributed by atoms with E-state index in [1.54, 1.807) is 11.0 Å². The number of rotatable bonds is 5. The van der Waals surface area contributed by atoms with Gasteiger partial charge in [0, 0.05) is 16.8 Å². The molecular formula is C21H21Cl2NO3. The van der Waals surface area contributed by atoms with Crippen LogP contribution in [-0.4, -0.2) is 24.5 Å². The van der Waals surface area contributed by atoms with E-state index >= 15 is 0 Å². The van der Waals surface area contributed by atoms with Crippen molar-refractivity contribution >= 4 is 40.8 Å². The van der Waals surface area contributed by atoms with E-state index in [1.807, 2.05) is 30.3 Å². The third-order valence-corrected chi connectivity index (χ3v) is 5.28. The van der Waals surface area contributed by atoms with Crippen LogP contribution in [0.2, 0.25) is 10.0 Å². The van der Waals surface area contributed by atoms with Gasteiger partial charge in [0.2, 0.25) is 0 Å². The molecule has 1 aliphatic carbocycles. The van der Waals surface area contributed by atoms with Crippen molar-refractivity contribution in [2.24, 2.45) is 0 Å². The van der Waals surface area contributed by atoms with E-state index in [1.165, 1.54) is 18.6 Å². The maximum Gasteiger partial charge on any atom is 0.340 e. The van der Waals surface area contributed by atoms with Crippen LogP contribution in [0.25, 0.3) is 0 Å². The summed E-state index contributed by atoms with van der Waals surface area (Å²) in [5.74, 6) is -0.896. The van der Waals surface area contributed by atoms with Gasteiger partial charge in [-0.15, -0.1) is 0 Å². The van der Waals surface area contributed by atoms with E-state index in [9.17, 15) is 9.59 Å². The Labute approximate surface area is 169 Å². The van der Waals surface area contributed by atoms with Crippen LogP contribution in [-0.2, 0) is 9.53 Å². The number of nitrogens with zero attached hydrogens (tertiary/aromatic N) is 1. The van der Waals surface area contributed by atoms with Crippen LogP contribution in [0.1, 0.15) is 42.5 Å². The Balaban J connectivity index is 1.72. The molecule has 0 unspecified atom stereocenters. The van der Waals surface area contributed by atoms with E-state index < -0.39 is 5.97 Å². The van der Waals surface area contributed by atoms with Crippen LogP contribution < -0.4 is 4.90 Å². The minimum absolute atomic E-state index is 0.127. The largest absolute Gasteiger partial charge is 0.452 e. The lowest BCUT2D eigenvalue weighted by atomic mass is 9.93. The number of hydrogen-bond acceptors (Lipinski definition) is 3. The van der Waals surface area contributed by atoms with Gasteiger partial charge < -0.3 is 9.64 Å². The van der Waals surface area contributed by atoms with Crippen LogP contribution in [0, 0.1) is 0 Å². The second-order valence-electron chi connectivity index (χ2n) is 6.59. The van der Waals surface area contributed by atoms with Crippen molar-refractivity contribution in [1.29, 1.82) is 0 Å². The molecule has 27 heavy (non-hydrogen) atoms. The first-order valence-electron chi connectivity index (χ1n) is 9.05. The monoisotopic (exact) mass is 405 g/mol. The highest BCUT2D eigenvalue weighted by Gasteiger charge is 2.27. The van der Waals surface area contributed by atoms with Crippen LogP contribution in [0.4, 0.5) is 5.69 Å². The molecule has 1 amide bonds. The average Bonchev–Trinajstić information content (AvgIpc) is 2.70. The van der Waals surface area contributed by atoms with E-state index in [0.29, 0.717) is 5.02 Å². The Morgan fingerprint density at radius 3 is 2.41 bits per heavy atom. The van der Waals surface area contributed by atoms with Gasteiger partial charge in [0.15, 0.2) is 6.61 Å². The number of ether oxygens (including phenoxy) is 1. The first kappa shape index (κ1) is 19.7. The number of benzene rings is 2.